The van der Waals surface area contributed by atoms with Crippen molar-refractivity contribution in [3.05, 3.63) is 28.2 Å². The van der Waals surface area contributed by atoms with E-state index in [-0.39, 0.29) is 23.3 Å². The highest BCUT2D eigenvalue weighted by Crippen LogP contribution is 2.35. The number of benzene rings is 1. The number of rotatable bonds is 1. The first-order valence-electron chi connectivity index (χ1n) is 6.04. The minimum Gasteiger partial charge on any atom is -0.295 e. The number of imide groups is 1. The fourth-order valence-electron chi connectivity index (χ4n) is 2.44. The van der Waals surface area contributed by atoms with Crippen LogP contribution in [0.15, 0.2) is 27.6 Å². The molecule has 2 heterocycles. The van der Waals surface area contributed by atoms with Crippen LogP contribution in [0.3, 0.4) is 0 Å². The van der Waals surface area contributed by atoms with Gasteiger partial charge >= 0.3 is 0 Å². The van der Waals surface area contributed by atoms with Gasteiger partial charge in [0.25, 0.3) is 21.8 Å². The van der Waals surface area contributed by atoms with E-state index in [4.69, 9.17) is 0 Å². The molecule has 0 saturated carbocycles. The number of carbonyl (C=O) groups is 3. The molecule has 0 spiro atoms. The number of piperidine rings is 1. The van der Waals surface area contributed by atoms with Crippen molar-refractivity contribution in [2.24, 2.45) is 0 Å². The summed E-state index contributed by atoms with van der Waals surface area (Å²) in [6, 6.07) is 3.09. The van der Waals surface area contributed by atoms with Crippen molar-refractivity contribution < 1.29 is 22.8 Å². The molecule has 0 aromatic heterocycles. The lowest BCUT2D eigenvalue weighted by Crippen LogP contribution is -2.54. The third-order valence-corrected chi connectivity index (χ3v) is 5.73. The SMILES string of the molecule is O=C1CCC(N2C(=O)c3ccc(Br)cc3S2(=O)=O)C(=O)N1. The fourth-order valence-corrected chi connectivity index (χ4v) is 4.72. The molecule has 0 aliphatic carbocycles. The Morgan fingerprint density at radius 2 is 1.95 bits per heavy atom. The standard InChI is InChI=1S/C12H9BrN2O5S/c13-6-1-2-7-9(5-6)21(19,20)15(12(7)18)8-3-4-10(16)14-11(8)17/h1-2,5,8H,3-4H2,(H,14,16,17). The number of nitrogens with one attached hydrogen (secondary N) is 1. The van der Waals surface area contributed by atoms with Gasteiger partial charge in [-0.15, -0.1) is 0 Å². The van der Waals surface area contributed by atoms with Crippen molar-refractivity contribution in [2.45, 2.75) is 23.8 Å². The molecule has 0 bridgehead atoms. The van der Waals surface area contributed by atoms with Gasteiger partial charge in [0.2, 0.25) is 5.91 Å². The van der Waals surface area contributed by atoms with Crippen molar-refractivity contribution in [1.82, 2.24) is 9.62 Å². The summed E-state index contributed by atoms with van der Waals surface area (Å²) in [4.78, 5) is 35.2. The highest BCUT2D eigenvalue weighted by Gasteiger charge is 2.48. The molecule has 0 radical (unpaired) electrons. The summed E-state index contributed by atoms with van der Waals surface area (Å²) in [6.07, 6.45) is -0.0134. The summed E-state index contributed by atoms with van der Waals surface area (Å²) in [6.45, 7) is 0. The molecule has 1 unspecified atom stereocenters. The second-order valence-corrected chi connectivity index (χ2v) is 7.41. The Hall–Kier alpha value is -1.74. The van der Waals surface area contributed by atoms with Crippen molar-refractivity contribution in [3.63, 3.8) is 0 Å². The second-order valence-electron chi connectivity index (χ2n) is 4.71. The van der Waals surface area contributed by atoms with Gasteiger partial charge in [-0.05, 0) is 24.6 Å². The average molecular weight is 373 g/mol. The van der Waals surface area contributed by atoms with Crippen LogP contribution in [0.5, 0.6) is 0 Å². The van der Waals surface area contributed by atoms with E-state index in [0.29, 0.717) is 8.78 Å². The molecule has 9 heteroatoms. The van der Waals surface area contributed by atoms with Gasteiger partial charge in [0.1, 0.15) is 10.9 Å². The van der Waals surface area contributed by atoms with Crippen molar-refractivity contribution in [3.8, 4) is 0 Å². The number of halogens is 1. The van der Waals surface area contributed by atoms with Gasteiger partial charge in [0, 0.05) is 10.9 Å². The molecule has 1 N–H and O–H groups in total. The van der Waals surface area contributed by atoms with E-state index >= 15 is 0 Å². The lowest BCUT2D eigenvalue weighted by molar-refractivity contribution is -0.135. The maximum Gasteiger partial charge on any atom is 0.269 e. The van der Waals surface area contributed by atoms with Gasteiger partial charge in [-0.2, -0.15) is 0 Å². The molecule has 2 aliphatic rings. The molecule has 7 nitrogen and oxygen atoms in total. The van der Waals surface area contributed by atoms with Crippen LogP contribution in [0.2, 0.25) is 0 Å². The Bertz CT molecular complexity index is 789. The van der Waals surface area contributed by atoms with E-state index in [1.165, 1.54) is 12.1 Å². The lowest BCUT2D eigenvalue weighted by atomic mass is 10.1. The summed E-state index contributed by atoms with van der Waals surface area (Å²) in [7, 11) is -4.09. The zero-order valence-electron chi connectivity index (χ0n) is 10.5. The Kier molecular flexibility index (Phi) is 3.14. The van der Waals surface area contributed by atoms with Crippen molar-refractivity contribution >= 4 is 43.7 Å². The number of carbonyl (C=O) groups excluding carboxylic acids is 3. The molecule has 2 aliphatic heterocycles. The third-order valence-electron chi connectivity index (χ3n) is 3.40. The van der Waals surface area contributed by atoms with E-state index in [9.17, 15) is 22.8 Å². The maximum absolute atomic E-state index is 12.5. The molecule has 21 heavy (non-hydrogen) atoms. The van der Waals surface area contributed by atoms with Crippen LogP contribution in [-0.2, 0) is 19.6 Å². The first kappa shape index (κ1) is 14.2. The summed E-state index contributed by atoms with van der Waals surface area (Å²) in [5.74, 6) is -1.98. The zero-order valence-corrected chi connectivity index (χ0v) is 12.9. The number of sulfonamides is 1. The summed E-state index contributed by atoms with van der Waals surface area (Å²) >= 11 is 3.15. The highest BCUT2D eigenvalue weighted by molar-refractivity contribution is 9.10. The van der Waals surface area contributed by atoms with Crippen LogP contribution < -0.4 is 5.32 Å². The van der Waals surface area contributed by atoms with Crippen molar-refractivity contribution in [2.75, 3.05) is 0 Å². The molecular weight excluding hydrogens is 364 g/mol. The van der Waals surface area contributed by atoms with Crippen LogP contribution in [0.25, 0.3) is 0 Å². The molecule has 110 valence electrons. The number of nitrogens with zero attached hydrogens (tertiary/aromatic N) is 1. The van der Waals surface area contributed by atoms with Gasteiger partial charge in [-0.3, -0.25) is 19.7 Å². The minimum absolute atomic E-state index is 0.00422. The molecule has 1 fully saturated rings. The average Bonchev–Trinajstić information content (AvgIpc) is 2.59. The molecule has 1 saturated heterocycles. The van der Waals surface area contributed by atoms with Crippen LogP contribution in [0, 0.1) is 0 Å². The fraction of sp³-hybridized carbons (Fsp3) is 0.250. The van der Waals surface area contributed by atoms with E-state index in [0.717, 1.165) is 0 Å². The van der Waals surface area contributed by atoms with Crippen LogP contribution in [-0.4, -0.2) is 36.5 Å². The minimum atomic E-state index is -4.09. The maximum atomic E-state index is 12.5. The summed E-state index contributed by atoms with van der Waals surface area (Å²) in [5.41, 5.74) is 0.0305. The van der Waals surface area contributed by atoms with E-state index in [1.54, 1.807) is 6.07 Å². The predicted octanol–water partition coefficient (Wildman–Crippen LogP) is 0.399. The van der Waals surface area contributed by atoms with Gasteiger partial charge < -0.3 is 0 Å². The van der Waals surface area contributed by atoms with Crippen LogP contribution in [0.4, 0.5) is 0 Å². The lowest BCUT2D eigenvalue weighted by Gasteiger charge is -2.28. The van der Waals surface area contributed by atoms with E-state index in [1.807, 2.05) is 0 Å². The Balaban J connectivity index is 2.08. The van der Waals surface area contributed by atoms with Crippen LogP contribution in [0.1, 0.15) is 23.2 Å². The van der Waals surface area contributed by atoms with Crippen LogP contribution >= 0.6 is 15.9 Å². The number of fused-ring (bicyclic) bond motifs is 1. The van der Waals surface area contributed by atoms with Gasteiger partial charge in [-0.1, -0.05) is 15.9 Å². The number of hydrogen-bond donors (Lipinski definition) is 1. The zero-order chi connectivity index (χ0) is 15.4. The molecule has 3 rings (SSSR count). The predicted molar refractivity (Wildman–Crippen MR) is 73.7 cm³/mol. The molecule has 1 aromatic carbocycles. The normalized spacial score (nSPS) is 24.0. The summed E-state index contributed by atoms with van der Waals surface area (Å²) in [5, 5.41) is 2.06. The molecular formula is C12H9BrN2O5S. The largest absolute Gasteiger partial charge is 0.295 e. The first-order valence-corrected chi connectivity index (χ1v) is 8.27. The highest BCUT2D eigenvalue weighted by atomic mass is 79.9. The van der Waals surface area contributed by atoms with E-state index < -0.39 is 33.8 Å². The monoisotopic (exact) mass is 372 g/mol. The second kappa shape index (κ2) is 4.63. The number of hydrogen-bond acceptors (Lipinski definition) is 5. The topological polar surface area (TPSA) is 101 Å². The van der Waals surface area contributed by atoms with E-state index in [2.05, 4.69) is 21.2 Å². The van der Waals surface area contributed by atoms with Crippen molar-refractivity contribution in [1.29, 1.82) is 0 Å². The first-order chi connectivity index (χ1) is 9.82. The Labute approximate surface area is 128 Å². The molecule has 3 amide bonds. The number of amides is 3. The molecule has 1 atom stereocenters. The summed E-state index contributed by atoms with van der Waals surface area (Å²) < 4.78 is 26.1. The van der Waals surface area contributed by atoms with Gasteiger partial charge in [0.05, 0.1) is 5.56 Å². The smallest absolute Gasteiger partial charge is 0.269 e. The Morgan fingerprint density at radius 3 is 2.62 bits per heavy atom. The van der Waals surface area contributed by atoms with Gasteiger partial charge in [-0.25, -0.2) is 12.7 Å². The third kappa shape index (κ3) is 2.07. The Morgan fingerprint density at radius 1 is 1.24 bits per heavy atom. The quantitative estimate of drug-likeness (QED) is 0.719. The molecule has 1 aromatic rings. The van der Waals surface area contributed by atoms with Gasteiger partial charge in [0.15, 0.2) is 0 Å².